The first kappa shape index (κ1) is 9.19. The second kappa shape index (κ2) is 3.78. The quantitative estimate of drug-likeness (QED) is 0.699. The molecule has 0 radical (unpaired) electrons. The lowest BCUT2D eigenvalue weighted by Crippen LogP contribution is -1.75. The molecule has 4 heteroatoms. The van der Waals surface area contributed by atoms with Crippen molar-refractivity contribution in [3.63, 3.8) is 0 Å². The summed E-state index contributed by atoms with van der Waals surface area (Å²) >= 11 is 10.7. The lowest BCUT2D eigenvalue weighted by molar-refractivity contribution is 1.49. The molecule has 0 saturated heterocycles. The van der Waals surface area contributed by atoms with E-state index in [-0.39, 0.29) is 0 Å². The van der Waals surface area contributed by atoms with Crippen LogP contribution in [0.2, 0.25) is 0 Å². The first-order chi connectivity index (χ1) is 5.86. The molecule has 0 saturated carbocycles. The van der Waals surface area contributed by atoms with Gasteiger partial charge in [0.2, 0.25) is 0 Å². The monoisotopic (exact) mass is 324 g/mol. The van der Waals surface area contributed by atoms with Gasteiger partial charge in [-0.1, -0.05) is 31.9 Å². The summed E-state index contributed by atoms with van der Waals surface area (Å²) in [6.45, 7) is 0. The van der Waals surface area contributed by atoms with E-state index in [0.29, 0.717) is 0 Å². The zero-order valence-corrected chi connectivity index (χ0v) is 10.9. The number of rotatable bonds is 2. The van der Waals surface area contributed by atoms with E-state index in [4.69, 9.17) is 0 Å². The van der Waals surface area contributed by atoms with Gasteiger partial charge in [-0.15, -0.1) is 22.7 Å². The van der Waals surface area contributed by atoms with Crippen LogP contribution in [0.15, 0.2) is 10.8 Å². The van der Waals surface area contributed by atoms with Gasteiger partial charge in [-0.3, -0.25) is 0 Å². The largest absolute Gasteiger partial charge is 0.132 e. The molecule has 2 aromatic rings. The van der Waals surface area contributed by atoms with Crippen LogP contribution >= 0.6 is 54.5 Å². The molecule has 0 fully saturated rings. The second-order valence-corrected chi connectivity index (χ2v) is 5.59. The Kier molecular flexibility index (Phi) is 2.89. The molecule has 12 heavy (non-hydrogen) atoms. The predicted octanol–water partition coefficient (Wildman–Crippen LogP) is 4.75. The maximum atomic E-state index is 3.50. The Morgan fingerprint density at radius 1 is 1.00 bits per heavy atom. The topological polar surface area (TPSA) is 0 Å². The highest BCUT2D eigenvalue weighted by atomic mass is 79.9. The van der Waals surface area contributed by atoms with Crippen molar-refractivity contribution >= 4 is 63.9 Å². The van der Waals surface area contributed by atoms with Gasteiger partial charge < -0.3 is 0 Å². The number of hydrogen-bond donors (Lipinski definition) is 0. The van der Waals surface area contributed by atoms with Gasteiger partial charge in [0.15, 0.2) is 0 Å². The van der Waals surface area contributed by atoms with Crippen LogP contribution in [0.5, 0.6) is 0 Å². The molecule has 0 N–H and O–H groups in total. The standard InChI is InChI=1S/C8H6Br2S2/c9-1-5-3-11-8-7(5)6(2-10)4-12-8/h3-4H,1-2H2. The van der Waals surface area contributed by atoms with E-state index in [1.54, 1.807) is 0 Å². The molecule has 2 aromatic heterocycles. The molecule has 0 unspecified atom stereocenters. The van der Waals surface area contributed by atoms with E-state index in [2.05, 4.69) is 42.6 Å². The van der Waals surface area contributed by atoms with Gasteiger partial charge in [0, 0.05) is 16.0 Å². The van der Waals surface area contributed by atoms with Crippen LogP contribution in [0.4, 0.5) is 0 Å². The number of halogens is 2. The molecule has 0 nitrogen and oxygen atoms in total. The molecule has 2 rings (SSSR count). The fraction of sp³-hybridized carbons (Fsp3) is 0.250. The Balaban J connectivity index is 2.70. The molecule has 0 spiro atoms. The third-order valence-electron chi connectivity index (χ3n) is 1.75. The van der Waals surface area contributed by atoms with E-state index in [0.717, 1.165) is 10.7 Å². The summed E-state index contributed by atoms with van der Waals surface area (Å²) in [6.07, 6.45) is 0. The van der Waals surface area contributed by atoms with Gasteiger partial charge >= 0.3 is 0 Å². The lowest BCUT2D eigenvalue weighted by atomic mass is 10.2. The molecule has 0 aliphatic heterocycles. The maximum Gasteiger partial charge on any atom is 0.0871 e. The Labute approximate surface area is 95.9 Å². The molecule has 0 amide bonds. The van der Waals surface area contributed by atoms with E-state index < -0.39 is 0 Å². The van der Waals surface area contributed by atoms with E-state index >= 15 is 0 Å². The fourth-order valence-electron chi connectivity index (χ4n) is 1.18. The summed E-state index contributed by atoms with van der Waals surface area (Å²) in [5, 5.41) is 7.86. The van der Waals surface area contributed by atoms with Gasteiger partial charge in [0.1, 0.15) is 0 Å². The SMILES string of the molecule is BrCc1csc2scc(CBr)c12. The summed E-state index contributed by atoms with van der Waals surface area (Å²) in [5.41, 5.74) is 2.84. The molecule has 0 atom stereocenters. The zero-order chi connectivity index (χ0) is 8.55. The van der Waals surface area contributed by atoms with Crippen LogP contribution in [-0.4, -0.2) is 0 Å². The third kappa shape index (κ3) is 1.39. The minimum Gasteiger partial charge on any atom is -0.132 e. The summed E-state index contributed by atoms with van der Waals surface area (Å²) in [4.78, 5) is 0. The van der Waals surface area contributed by atoms with E-state index in [9.17, 15) is 0 Å². The summed E-state index contributed by atoms with van der Waals surface area (Å²) < 4.78 is 1.44. The molecule has 64 valence electrons. The molecular formula is C8H6Br2S2. The van der Waals surface area contributed by atoms with Crippen molar-refractivity contribution in [2.24, 2.45) is 0 Å². The first-order valence-corrected chi connectivity index (χ1v) is 7.45. The highest BCUT2D eigenvalue weighted by molar-refractivity contribution is 9.08. The van der Waals surface area contributed by atoms with Crippen molar-refractivity contribution in [2.45, 2.75) is 10.7 Å². The number of alkyl halides is 2. The lowest BCUT2D eigenvalue weighted by Gasteiger charge is -1.92. The molecule has 0 aliphatic rings. The molecular weight excluding hydrogens is 320 g/mol. The first-order valence-electron chi connectivity index (χ1n) is 3.45. The maximum absolute atomic E-state index is 3.50. The van der Waals surface area contributed by atoms with Crippen LogP contribution in [0, 0.1) is 0 Å². The Morgan fingerprint density at radius 3 is 1.92 bits per heavy atom. The Morgan fingerprint density at radius 2 is 1.50 bits per heavy atom. The van der Waals surface area contributed by atoms with Gasteiger partial charge in [-0.05, 0) is 21.9 Å². The Hall–Kier alpha value is 0.620. The molecule has 2 heterocycles. The average molecular weight is 326 g/mol. The van der Waals surface area contributed by atoms with Crippen LogP contribution in [0.3, 0.4) is 0 Å². The van der Waals surface area contributed by atoms with Crippen LogP contribution < -0.4 is 0 Å². The predicted molar refractivity (Wildman–Crippen MR) is 65.0 cm³/mol. The number of hydrogen-bond acceptors (Lipinski definition) is 2. The third-order valence-corrected chi connectivity index (χ3v) is 5.18. The van der Waals surface area contributed by atoms with Gasteiger partial charge in [0.05, 0.1) is 4.01 Å². The molecule has 0 aromatic carbocycles. The van der Waals surface area contributed by atoms with Crippen molar-refractivity contribution in [3.8, 4) is 0 Å². The van der Waals surface area contributed by atoms with Crippen molar-refractivity contribution in [2.75, 3.05) is 0 Å². The van der Waals surface area contributed by atoms with Gasteiger partial charge in [-0.25, -0.2) is 0 Å². The second-order valence-electron chi connectivity index (χ2n) is 2.45. The van der Waals surface area contributed by atoms with Gasteiger partial charge in [0.25, 0.3) is 0 Å². The fourth-order valence-corrected chi connectivity index (χ4v) is 4.66. The number of thiophene rings is 2. The summed E-state index contributed by atoms with van der Waals surface area (Å²) in [5.74, 6) is 0. The minimum absolute atomic E-state index is 0.962. The van der Waals surface area contributed by atoms with Crippen molar-refractivity contribution in [1.29, 1.82) is 0 Å². The van der Waals surface area contributed by atoms with Crippen LogP contribution in [0.25, 0.3) is 9.40 Å². The zero-order valence-electron chi connectivity index (χ0n) is 6.14. The average Bonchev–Trinajstić information content (AvgIpc) is 2.62. The molecule has 0 aliphatic carbocycles. The van der Waals surface area contributed by atoms with Crippen LogP contribution in [0.1, 0.15) is 11.1 Å². The van der Waals surface area contributed by atoms with Crippen molar-refractivity contribution in [3.05, 3.63) is 21.9 Å². The van der Waals surface area contributed by atoms with E-state index in [1.807, 2.05) is 22.7 Å². The summed E-state index contributed by atoms with van der Waals surface area (Å²) in [7, 11) is 0. The highest BCUT2D eigenvalue weighted by Gasteiger charge is 2.08. The van der Waals surface area contributed by atoms with E-state index in [1.165, 1.54) is 20.5 Å². The number of fused-ring (bicyclic) bond motifs is 1. The van der Waals surface area contributed by atoms with Crippen LogP contribution in [-0.2, 0) is 10.7 Å². The smallest absolute Gasteiger partial charge is 0.0871 e. The normalized spacial score (nSPS) is 11.2. The van der Waals surface area contributed by atoms with Gasteiger partial charge in [-0.2, -0.15) is 0 Å². The minimum atomic E-state index is 0.962. The highest BCUT2D eigenvalue weighted by Crippen LogP contribution is 2.36. The van der Waals surface area contributed by atoms with Crippen molar-refractivity contribution < 1.29 is 0 Å². The summed E-state index contributed by atoms with van der Waals surface area (Å²) in [6, 6.07) is 0. The van der Waals surface area contributed by atoms with Crippen molar-refractivity contribution in [1.82, 2.24) is 0 Å². The Bertz CT molecular complexity index is 355. The molecule has 0 bridgehead atoms.